The number of aryl methyl sites for hydroxylation is 2. The Morgan fingerprint density at radius 3 is 2.53 bits per heavy atom. The molecule has 0 saturated heterocycles. The van der Waals surface area contributed by atoms with Crippen LogP contribution < -0.4 is 4.90 Å². The first-order valence-corrected chi connectivity index (χ1v) is 11.6. The largest absolute Gasteiger partial charge is 0.503 e. The first-order valence-electron chi connectivity index (χ1n) is 9.89. The Morgan fingerprint density at radius 2 is 1.91 bits per heavy atom. The summed E-state index contributed by atoms with van der Waals surface area (Å²) >= 11 is 2.23. The molecule has 1 amide bonds. The molecule has 1 aromatic carbocycles. The average molecular weight is 469 g/mol. The van der Waals surface area contributed by atoms with E-state index in [1.165, 1.54) is 16.2 Å². The van der Waals surface area contributed by atoms with Crippen molar-refractivity contribution in [1.29, 1.82) is 0 Å². The molecule has 2 aromatic heterocycles. The molecule has 0 unspecified atom stereocenters. The topological polar surface area (TPSA) is 96.8 Å². The van der Waals surface area contributed by atoms with Gasteiger partial charge >= 0.3 is 5.97 Å². The van der Waals surface area contributed by atoms with E-state index in [9.17, 15) is 19.5 Å². The molecule has 1 aliphatic rings. The third kappa shape index (κ3) is 3.74. The van der Waals surface area contributed by atoms with Crippen molar-refractivity contribution in [3.8, 4) is 0 Å². The highest BCUT2D eigenvalue weighted by Gasteiger charge is 2.46. The molecule has 0 saturated carbocycles. The monoisotopic (exact) mass is 468 g/mol. The number of amides is 1. The fourth-order valence-corrected chi connectivity index (χ4v) is 5.18. The molecular weight excluding hydrogens is 448 g/mol. The first kappa shape index (κ1) is 21.9. The van der Waals surface area contributed by atoms with E-state index in [1.807, 2.05) is 31.2 Å². The number of thiophene rings is 1. The Hall–Kier alpha value is -3.30. The molecule has 0 fully saturated rings. The van der Waals surface area contributed by atoms with Crippen LogP contribution in [-0.4, -0.2) is 34.4 Å². The number of aliphatic hydroxyl groups is 1. The minimum atomic E-state index is -0.877. The van der Waals surface area contributed by atoms with Crippen LogP contribution in [0.4, 0.5) is 5.13 Å². The fraction of sp³-hybridized carbons (Fsp3) is 0.217. The number of esters is 1. The lowest BCUT2D eigenvalue weighted by Gasteiger charge is -2.24. The second kappa shape index (κ2) is 8.68. The van der Waals surface area contributed by atoms with Gasteiger partial charge in [-0.1, -0.05) is 47.2 Å². The quantitative estimate of drug-likeness (QED) is 0.413. The lowest BCUT2D eigenvalue weighted by molar-refractivity contribution is -0.117. The summed E-state index contributed by atoms with van der Waals surface area (Å²) in [6.07, 6.45) is 0. The smallest absolute Gasteiger partial charge is 0.350 e. The molecule has 7 nitrogen and oxygen atoms in total. The molecule has 9 heteroatoms. The fourth-order valence-electron chi connectivity index (χ4n) is 3.51. The zero-order valence-corrected chi connectivity index (χ0v) is 19.3. The van der Waals surface area contributed by atoms with E-state index in [1.54, 1.807) is 31.4 Å². The summed E-state index contributed by atoms with van der Waals surface area (Å²) in [4.78, 5) is 45.1. The number of aromatic nitrogens is 1. The van der Waals surface area contributed by atoms with Crippen LogP contribution in [0.2, 0.25) is 0 Å². The van der Waals surface area contributed by atoms with E-state index in [0.717, 1.165) is 16.9 Å². The molecule has 3 heterocycles. The second-order valence-corrected chi connectivity index (χ2v) is 9.11. The number of Topliss-reactive ketones (excluding diaryl/α,β-unsaturated/α-hetero) is 1. The Labute approximate surface area is 192 Å². The summed E-state index contributed by atoms with van der Waals surface area (Å²) in [5.74, 6) is -2.30. The van der Waals surface area contributed by atoms with Crippen molar-refractivity contribution in [1.82, 2.24) is 4.98 Å². The molecular formula is C23H20N2O5S2. The van der Waals surface area contributed by atoms with Gasteiger partial charge in [0.2, 0.25) is 5.78 Å². The van der Waals surface area contributed by atoms with Crippen molar-refractivity contribution < 1.29 is 24.2 Å². The predicted molar refractivity (Wildman–Crippen MR) is 123 cm³/mol. The first-order chi connectivity index (χ1) is 15.3. The van der Waals surface area contributed by atoms with Gasteiger partial charge in [0, 0.05) is 0 Å². The molecule has 164 valence electrons. The molecule has 4 rings (SSSR count). The Bertz CT molecular complexity index is 1230. The van der Waals surface area contributed by atoms with Gasteiger partial charge in [-0.2, -0.15) is 0 Å². The van der Waals surface area contributed by atoms with E-state index < -0.39 is 29.5 Å². The number of rotatable bonds is 6. The van der Waals surface area contributed by atoms with Gasteiger partial charge in [0.25, 0.3) is 5.91 Å². The van der Waals surface area contributed by atoms with Gasteiger partial charge in [-0.25, -0.2) is 9.78 Å². The lowest BCUT2D eigenvalue weighted by Crippen LogP contribution is -2.31. The lowest BCUT2D eigenvalue weighted by atomic mass is 9.95. The van der Waals surface area contributed by atoms with E-state index in [4.69, 9.17) is 4.74 Å². The van der Waals surface area contributed by atoms with Gasteiger partial charge in [-0.05, 0) is 37.8 Å². The third-order valence-corrected chi connectivity index (χ3v) is 7.05. The minimum absolute atomic E-state index is 0.00755. The average Bonchev–Trinajstić information content (AvgIpc) is 3.48. The minimum Gasteiger partial charge on any atom is -0.503 e. The summed E-state index contributed by atoms with van der Waals surface area (Å²) in [7, 11) is 0. The van der Waals surface area contributed by atoms with Crippen LogP contribution >= 0.6 is 22.7 Å². The van der Waals surface area contributed by atoms with Crippen LogP contribution in [0.15, 0.2) is 53.1 Å². The standard InChI is InChI=1S/C23H20N2O5S2/c1-4-30-22(29)20-13(3)24-23(32-20)25-17(14-9-7-12(2)8-10-14)16(19(27)21(25)28)18(26)15-6-5-11-31-15/h5-11,17,27H,4H2,1-3H3/t17-/m0/s1. The Balaban J connectivity index is 1.84. The molecule has 32 heavy (non-hydrogen) atoms. The van der Waals surface area contributed by atoms with E-state index >= 15 is 0 Å². The highest BCUT2D eigenvalue weighted by Crippen LogP contribution is 2.44. The van der Waals surface area contributed by atoms with E-state index in [2.05, 4.69) is 4.98 Å². The maximum atomic E-state index is 13.3. The van der Waals surface area contributed by atoms with Crippen molar-refractivity contribution in [2.45, 2.75) is 26.8 Å². The molecule has 3 aromatic rings. The van der Waals surface area contributed by atoms with Crippen LogP contribution in [0, 0.1) is 13.8 Å². The third-order valence-electron chi connectivity index (χ3n) is 5.04. The van der Waals surface area contributed by atoms with Crippen molar-refractivity contribution in [3.63, 3.8) is 0 Å². The zero-order valence-electron chi connectivity index (χ0n) is 17.6. The summed E-state index contributed by atoms with van der Waals surface area (Å²) in [5, 5.41) is 12.7. The number of benzene rings is 1. The van der Waals surface area contributed by atoms with Crippen molar-refractivity contribution in [2.75, 3.05) is 11.5 Å². The SMILES string of the molecule is CCOC(=O)c1sc(N2C(=O)C(O)=C(C(=O)c3cccs3)[C@@H]2c2ccc(C)cc2)nc1C. The normalized spacial score (nSPS) is 16.0. The molecule has 0 spiro atoms. The number of anilines is 1. The number of aliphatic hydroxyl groups excluding tert-OH is 1. The van der Waals surface area contributed by atoms with E-state index in [-0.39, 0.29) is 22.2 Å². The second-order valence-electron chi connectivity index (χ2n) is 7.19. The Morgan fingerprint density at radius 1 is 1.19 bits per heavy atom. The summed E-state index contributed by atoms with van der Waals surface area (Å²) in [6, 6.07) is 9.88. The van der Waals surface area contributed by atoms with Gasteiger partial charge in [0.1, 0.15) is 4.88 Å². The maximum Gasteiger partial charge on any atom is 0.350 e. The number of hydrogen-bond donors (Lipinski definition) is 1. The number of carbonyl (C=O) groups is 3. The van der Waals surface area contributed by atoms with Crippen LogP contribution in [0.25, 0.3) is 0 Å². The summed E-state index contributed by atoms with van der Waals surface area (Å²) in [5.41, 5.74) is 2.07. The zero-order chi connectivity index (χ0) is 23.0. The van der Waals surface area contributed by atoms with Crippen LogP contribution in [0.3, 0.4) is 0 Å². The number of nitrogens with zero attached hydrogens (tertiary/aromatic N) is 2. The summed E-state index contributed by atoms with van der Waals surface area (Å²) in [6.45, 7) is 5.50. The van der Waals surface area contributed by atoms with Gasteiger partial charge in [0.05, 0.1) is 28.8 Å². The summed E-state index contributed by atoms with van der Waals surface area (Å²) < 4.78 is 5.08. The van der Waals surface area contributed by atoms with Crippen molar-refractivity contribution in [2.24, 2.45) is 0 Å². The number of ether oxygens (including phenoxy) is 1. The number of carbonyl (C=O) groups excluding carboxylic acids is 3. The van der Waals surface area contributed by atoms with Crippen LogP contribution in [0.1, 0.15) is 49.1 Å². The number of hydrogen-bond acceptors (Lipinski definition) is 8. The van der Waals surface area contributed by atoms with Crippen LogP contribution in [0.5, 0.6) is 0 Å². The predicted octanol–water partition coefficient (Wildman–Crippen LogP) is 4.78. The van der Waals surface area contributed by atoms with Gasteiger partial charge in [-0.3, -0.25) is 14.5 Å². The molecule has 0 bridgehead atoms. The highest BCUT2D eigenvalue weighted by atomic mass is 32.1. The van der Waals surface area contributed by atoms with Crippen molar-refractivity contribution in [3.05, 3.63) is 79.7 Å². The van der Waals surface area contributed by atoms with Crippen molar-refractivity contribution >= 4 is 45.5 Å². The van der Waals surface area contributed by atoms with Gasteiger partial charge in [-0.15, -0.1) is 11.3 Å². The number of ketones is 1. The molecule has 1 aliphatic heterocycles. The maximum absolute atomic E-state index is 13.3. The van der Waals surface area contributed by atoms with Gasteiger partial charge in [0.15, 0.2) is 10.9 Å². The molecule has 0 radical (unpaired) electrons. The van der Waals surface area contributed by atoms with E-state index in [0.29, 0.717) is 16.1 Å². The van der Waals surface area contributed by atoms with Crippen LogP contribution in [-0.2, 0) is 9.53 Å². The number of thiazole rings is 1. The molecule has 1 atom stereocenters. The molecule has 0 aliphatic carbocycles. The Kier molecular flexibility index (Phi) is 5.94. The molecule has 1 N–H and O–H groups in total. The van der Waals surface area contributed by atoms with Gasteiger partial charge < -0.3 is 9.84 Å². The highest BCUT2D eigenvalue weighted by molar-refractivity contribution is 7.17.